The van der Waals surface area contributed by atoms with Crippen molar-refractivity contribution in [3.05, 3.63) is 29.3 Å². The number of hydrogen-bond donors (Lipinski definition) is 3. The molecule has 1 aromatic heterocycles. The van der Waals surface area contributed by atoms with Crippen molar-refractivity contribution in [2.24, 2.45) is 11.6 Å². The molecule has 1 heterocycles. The molecular formula is C12H10N4O2. The lowest BCUT2D eigenvalue weighted by molar-refractivity contribution is -0.107. The third kappa shape index (κ3) is 1.69. The molecule has 90 valence electrons. The zero-order valence-corrected chi connectivity index (χ0v) is 9.31. The van der Waals surface area contributed by atoms with Crippen LogP contribution < -0.4 is 16.6 Å². The summed E-state index contributed by atoms with van der Waals surface area (Å²) in [5.74, 6) is 7.38. The van der Waals surface area contributed by atoms with Crippen molar-refractivity contribution in [2.75, 3.05) is 5.01 Å². The van der Waals surface area contributed by atoms with Gasteiger partial charge in [-0.2, -0.15) is 0 Å². The molecule has 0 saturated heterocycles. The zero-order valence-electron chi connectivity index (χ0n) is 9.31. The highest BCUT2D eigenvalue weighted by Crippen LogP contribution is 2.27. The van der Waals surface area contributed by atoms with Crippen LogP contribution in [-0.2, 0) is 4.79 Å². The molecule has 6 nitrogen and oxygen atoms in total. The van der Waals surface area contributed by atoms with Crippen LogP contribution in [0.25, 0.3) is 10.9 Å². The van der Waals surface area contributed by atoms with E-state index >= 15 is 0 Å². The lowest BCUT2D eigenvalue weighted by Crippen LogP contribution is -2.31. The molecule has 0 radical (unpaired) electrons. The van der Waals surface area contributed by atoms with Crippen molar-refractivity contribution in [2.45, 2.75) is 0 Å². The summed E-state index contributed by atoms with van der Waals surface area (Å²) in [4.78, 5) is 25.0. The van der Waals surface area contributed by atoms with Gasteiger partial charge >= 0.3 is 0 Å². The average Bonchev–Trinajstić information content (AvgIpc) is 2.75. The lowest BCUT2D eigenvalue weighted by atomic mass is 10.1. The second kappa shape index (κ2) is 4.24. The average molecular weight is 242 g/mol. The molecule has 0 bridgehead atoms. The number of hydrogen-bond acceptors (Lipinski definition) is 3. The van der Waals surface area contributed by atoms with E-state index in [1.165, 1.54) is 0 Å². The number of hydrazine groups is 1. The highest BCUT2D eigenvalue weighted by Gasteiger charge is 2.19. The second-order valence-corrected chi connectivity index (χ2v) is 3.63. The number of aromatic amines is 1. The Morgan fingerprint density at radius 2 is 2.22 bits per heavy atom. The topological polar surface area (TPSA) is 105 Å². The number of aromatic nitrogens is 1. The van der Waals surface area contributed by atoms with Gasteiger partial charge in [0.05, 0.1) is 5.56 Å². The van der Waals surface area contributed by atoms with Gasteiger partial charge in [-0.1, -0.05) is 12.0 Å². The number of benzene rings is 1. The van der Waals surface area contributed by atoms with Crippen LogP contribution in [0, 0.1) is 12.3 Å². The number of nitrogens with two attached hydrogens (primary N) is 2. The maximum atomic E-state index is 11.4. The molecule has 2 aromatic rings. The van der Waals surface area contributed by atoms with Crippen LogP contribution in [0.2, 0.25) is 0 Å². The van der Waals surface area contributed by atoms with Crippen LogP contribution in [-0.4, -0.2) is 17.3 Å². The van der Waals surface area contributed by atoms with E-state index in [9.17, 15) is 9.59 Å². The van der Waals surface area contributed by atoms with E-state index in [1.54, 1.807) is 18.2 Å². The number of amides is 2. The summed E-state index contributed by atoms with van der Waals surface area (Å²) in [6.07, 6.45) is 5.66. The number of H-pyrrole nitrogens is 1. The van der Waals surface area contributed by atoms with Gasteiger partial charge in [0.25, 0.3) is 5.91 Å². The molecule has 18 heavy (non-hydrogen) atoms. The fraction of sp³-hybridized carbons (Fsp3) is 0. The molecule has 0 unspecified atom stereocenters. The van der Waals surface area contributed by atoms with E-state index in [0.717, 1.165) is 5.01 Å². The quantitative estimate of drug-likeness (QED) is 0.233. The largest absolute Gasteiger partial charge is 0.365 e. The number of carbonyl (C=O) groups is 2. The minimum atomic E-state index is -0.679. The fourth-order valence-corrected chi connectivity index (χ4v) is 1.77. The number of terminal acetylenes is 1. The molecular weight excluding hydrogens is 232 g/mol. The first-order valence-electron chi connectivity index (χ1n) is 5.00. The molecule has 1 aromatic carbocycles. The third-order valence-electron chi connectivity index (χ3n) is 2.56. The minimum absolute atomic E-state index is 0.140. The number of anilines is 1. The molecule has 0 atom stereocenters. The van der Waals surface area contributed by atoms with Crippen LogP contribution in [0.3, 0.4) is 0 Å². The van der Waals surface area contributed by atoms with Gasteiger partial charge < -0.3 is 10.7 Å². The maximum absolute atomic E-state index is 11.4. The molecule has 0 saturated carbocycles. The van der Waals surface area contributed by atoms with Crippen LogP contribution in [0.4, 0.5) is 5.82 Å². The first kappa shape index (κ1) is 11.7. The van der Waals surface area contributed by atoms with Gasteiger partial charge in [0.1, 0.15) is 5.82 Å². The Kier molecular flexibility index (Phi) is 2.75. The first-order valence-corrected chi connectivity index (χ1v) is 5.00. The number of fused-ring (bicyclic) bond motifs is 1. The smallest absolute Gasteiger partial charge is 0.253 e. The van der Waals surface area contributed by atoms with Crippen molar-refractivity contribution >= 4 is 29.0 Å². The standard InChI is InChI=1S/C12H10N4O2/c1-2-7-3-4-8-9(5-7)15-12(16(14)6-17)10(8)11(13)18/h1,3-6,15H,14H2,(H2,13,18). The normalized spacial score (nSPS) is 10.0. The van der Waals surface area contributed by atoms with E-state index < -0.39 is 5.91 Å². The van der Waals surface area contributed by atoms with Crippen LogP contribution in [0.5, 0.6) is 0 Å². The maximum Gasteiger partial charge on any atom is 0.253 e. The van der Waals surface area contributed by atoms with Crippen LogP contribution in [0.1, 0.15) is 15.9 Å². The molecule has 0 spiro atoms. The SMILES string of the molecule is C#Cc1ccc2c(C(N)=O)c(N(N)C=O)[nH]c2c1. The number of rotatable bonds is 3. The molecule has 2 rings (SSSR count). The number of nitrogens with zero attached hydrogens (tertiary/aromatic N) is 1. The Balaban J connectivity index is 2.79. The van der Waals surface area contributed by atoms with Gasteiger partial charge in [0.15, 0.2) is 0 Å². The lowest BCUT2D eigenvalue weighted by Gasteiger charge is -2.08. The number of nitrogens with one attached hydrogen (secondary N) is 1. The third-order valence-corrected chi connectivity index (χ3v) is 2.56. The van der Waals surface area contributed by atoms with Crippen LogP contribution in [0.15, 0.2) is 18.2 Å². The molecule has 0 aliphatic rings. The second-order valence-electron chi connectivity index (χ2n) is 3.63. The molecule has 0 aliphatic heterocycles. The van der Waals surface area contributed by atoms with Crippen molar-refractivity contribution < 1.29 is 9.59 Å². The zero-order chi connectivity index (χ0) is 13.3. The Morgan fingerprint density at radius 1 is 1.50 bits per heavy atom. The Labute approximate surface area is 103 Å². The van der Waals surface area contributed by atoms with Gasteiger partial charge in [0, 0.05) is 16.5 Å². The molecule has 5 N–H and O–H groups in total. The minimum Gasteiger partial charge on any atom is -0.365 e. The summed E-state index contributed by atoms with van der Waals surface area (Å²) in [5.41, 5.74) is 6.68. The van der Waals surface area contributed by atoms with E-state index in [1.807, 2.05) is 0 Å². The predicted octanol–water partition coefficient (Wildman–Crippen LogP) is 0.0846. The monoisotopic (exact) mass is 242 g/mol. The summed E-state index contributed by atoms with van der Waals surface area (Å²) in [6, 6.07) is 5.00. The first-order chi connectivity index (χ1) is 8.58. The van der Waals surface area contributed by atoms with Crippen molar-refractivity contribution in [3.8, 4) is 12.3 Å². The summed E-state index contributed by atoms with van der Waals surface area (Å²) >= 11 is 0. The Morgan fingerprint density at radius 3 is 2.78 bits per heavy atom. The Hall–Kier alpha value is -2.78. The molecule has 2 amide bonds. The number of carbonyl (C=O) groups excluding carboxylic acids is 2. The fourth-order valence-electron chi connectivity index (χ4n) is 1.77. The van der Waals surface area contributed by atoms with Crippen molar-refractivity contribution in [3.63, 3.8) is 0 Å². The van der Waals surface area contributed by atoms with Crippen molar-refractivity contribution in [1.29, 1.82) is 0 Å². The van der Waals surface area contributed by atoms with Gasteiger partial charge in [0.2, 0.25) is 6.41 Å². The molecule has 6 heteroatoms. The predicted molar refractivity (Wildman–Crippen MR) is 67.5 cm³/mol. The summed E-state index contributed by atoms with van der Waals surface area (Å²) in [5, 5.41) is 1.32. The van der Waals surface area contributed by atoms with Crippen LogP contribution >= 0.6 is 0 Å². The highest BCUT2D eigenvalue weighted by molar-refractivity contribution is 6.12. The van der Waals surface area contributed by atoms with Gasteiger partial charge in [-0.25, -0.2) is 10.9 Å². The van der Waals surface area contributed by atoms with E-state index in [-0.39, 0.29) is 11.4 Å². The summed E-state index contributed by atoms with van der Waals surface area (Å²) in [7, 11) is 0. The van der Waals surface area contributed by atoms with Gasteiger partial charge in [-0.15, -0.1) is 6.42 Å². The van der Waals surface area contributed by atoms with Gasteiger partial charge in [-0.05, 0) is 12.1 Å². The van der Waals surface area contributed by atoms with E-state index in [4.69, 9.17) is 18.0 Å². The van der Waals surface area contributed by atoms with E-state index in [0.29, 0.717) is 22.9 Å². The molecule has 0 fully saturated rings. The number of primary amides is 1. The Bertz CT molecular complexity index is 681. The highest BCUT2D eigenvalue weighted by atomic mass is 16.1. The summed E-state index contributed by atoms with van der Waals surface area (Å²) in [6.45, 7) is 0. The van der Waals surface area contributed by atoms with Crippen molar-refractivity contribution in [1.82, 2.24) is 4.98 Å². The molecule has 0 aliphatic carbocycles. The van der Waals surface area contributed by atoms with E-state index in [2.05, 4.69) is 10.9 Å². The van der Waals surface area contributed by atoms with Gasteiger partial charge in [-0.3, -0.25) is 9.59 Å². The summed E-state index contributed by atoms with van der Waals surface area (Å²) < 4.78 is 0.